The Kier molecular flexibility index (Phi) is 14.5. The Balaban J connectivity index is 0.000000256. The molecule has 46 heavy (non-hydrogen) atoms. The van der Waals surface area contributed by atoms with Crippen LogP contribution < -0.4 is 24.8 Å². The van der Waals surface area contributed by atoms with Gasteiger partial charge in [0.05, 0.1) is 0 Å². The third kappa shape index (κ3) is 10.6. The van der Waals surface area contributed by atoms with Gasteiger partial charge in [-0.15, -0.1) is 12.0 Å². The van der Waals surface area contributed by atoms with Crippen LogP contribution in [0.2, 0.25) is 0 Å². The van der Waals surface area contributed by atoms with Gasteiger partial charge in [-0.3, -0.25) is 6.08 Å². The van der Waals surface area contributed by atoms with Crippen molar-refractivity contribution in [1.82, 2.24) is 0 Å². The van der Waals surface area contributed by atoms with Crippen LogP contribution in [0.5, 0.6) is 0 Å². The SMILES string of the molecule is CC(C)(C)C1=CC[C-]=C1.CC(C)(C)c1c[c-]c2c(c1)-c1cc(C(C)(C)C)ccc1C2.[Cl-].[Cl-].[Zr+2]=[C](c1ccccc1)c1ccccc1. The van der Waals surface area contributed by atoms with Crippen molar-refractivity contribution in [3.05, 3.63) is 154 Å². The van der Waals surface area contributed by atoms with Gasteiger partial charge in [-0.05, 0) is 17.4 Å². The van der Waals surface area contributed by atoms with E-state index < -0.39 is 0 Å². The van der Waals surface area contributed by atoms with E-state index in [0.717, 1.165) is 12.8 Å². The number of halogens is 2. The molecule has 0 bridgehead atoms. The van der Waals surface area contributed by atoms with E-state index in [2.05, 4.69) is 178 Å². The Hall–Kier alpha value is -2.31. The van der Waals surface area contributed by atoms with E-state index in [9.17, 15) is 0 Å². The van der Waals surface area contributed by atoms with E-state index in [0.29, 0.717) is 5.41 Å². The minimum atomic E-state index is 0. The van der Waals surface area contributed by atoms with Crippen LogP contribution in [0.25, 0.3) is 11.1 Å². The van der Waals surface area contributed by atoms with Crippen LogP contribution in [0.15, 0.2) is 109 Å². The predicted octanol–water partition coefficient (Wildman–Crippen LogP) is 5.19. The molecule has 2 aliphatic rings. The Morgan fingerprint density at radius 2 is 1.15 bits per heavy atom. The summed E-state index contributed by atoms with van der Waals surface area (Å²) in [5, 5.41) is 0. The normalized spacial score (nSPS) is 13.0. The van der Waals surface area contributed by atoms with Crippen LogP contribution in [0.3, 0.4) is 0 Å². The molecule has 0 atom stereocenters. The van der Waals surface area contributed by atoms with Crippen LogP contribution >= 0.6 is 0 Å². The van der Waals surface area contributed by atoms with E-state index in [4.69, 9.17) is 0 Å². The number of fused-ring (bicyclic) bond motifs is 3. The molecular formula is C43H48Cl2Zr-2. The fraction of sp³-hybridized carbons (Fsp3) is 0.326. The minimum absolute atomic E-state index is 0. The van der Waals surface area contributed by atoms with Gasteiger partial charge in [-0.2, -0.15) is 41.0 Å². The van der Waals surface area contributed by atoms with Crippen molar-refractivity contribution >= 4 is 3.21 Å². The summed E-state index contributed by atoms with van der Waals surface area (Å²) in [5.41, 5.74) is 13.2. The van der Waals surface area contributed by atoms with Crippen molar-refractivity contribution < 1.29 is 49.0 Å². The standard InChI is InChI=1S/C21H25.C13H10.C9H13.2ClH.Zr/c1-20(2,3)16-9-7-14-11-15-8-10-17(21(4,5)6)13-19(15)18(14)12-16;1-3-7-12(8-4-1)11-13-9-5-2-6-10-13;1-9(2,3)8-6-4-5-7-8;;;/h7,9-10,12-13H,11H2,1-6H3;1-10H;6-7H,4H2,1-3H3;2*1H;/q-1;;-1;;;+2/p-2. The second-order valence-corrected chi connectivity index (χ2v) is 16.1. The molecule has 4 aromatic rings. The number of hydrogen-bond donors (Lipinski definition) is 0. The molecule has 0 saturated carbocycles. The second kappa shape index (κ2) is 16.7. The van der Waals surface area contributed by atoms with Crippen LogP contribution in [0, 0.1) is 17.6 Å². The molecule has 0 aliphatic heterocycles. The molecule has 3 heteroatoms. The zero-order valence-electron chi connectivity index (χ0n) is 29.0. The molecule has 0 radical (unpaired) electrons. The first-order valence-electron chi connectivity index (χ1n) is 15.8. The summed E-state index contributed by atoms with van der Waals surface area (Å²) in [4.78, 5) is 0. The molecule has 0 amide bonds. The molecule has 6 rings (SSSR count). The summed E-state index contributed by atoms with van der Waals surface area (Å²) in [7, 11) is 0. The summed E-state index contributed by atoms with van der Waals surface area (Å²) in [6, 6.07) is 36.2. The van der Waals surface area contributed by atoms with Crippen molar-refractivity contribution in [2.45, 2.75) is 86.0 Å². The van der Waals surface area contributed by atoms with Crippen molar-refractivity contribution in [1.29, 1.82) is 0 Å². The number of hydrogen-bond acceptors (Lipinski definition) is 0. The topological polar surface area (TPSA) is 0 Å². The van der Waals surface area contributed by atoms with Crippen molar-refractivity contribution in [3.8, 4) is 11.1 Å². The van der Waals surface area contributed by atoms with Crippen LogP contribution in [0.4, 0.5) is 0 Å². The first-order chi connectivity index (χ1) is 20.6. The molecule has 2 aliphatic carbocycles. The quantitative estimate of drug-likeness (QED) is 0.220. The Labute approximate surface area is 307 Å². The molecule has 0 unspecified atom stereocenters. The molecule has 0 fully saturated rings. The zero-order chi connectivity index (χ0) is 32.1. The van der Waals surface area contributed by atoms with Gasteiger partial charge in [0.1, 0.15) is 0 Å². The maximum absolute atomic E-state index is 3.53. The van der Waals surface area contributed by atoms with E-state index in [1.54, 1.807) is 0 Å². The fourth-order valence-corrected chi connectivity index (χ4v) is 6.10. The van der Waals surface area contributed by atoms with Gasteiger partial charge in [-0.1, -0.05) is 102 Å². The third-order valence-corrected chi connectivity index (χ3v) is 9.63. The van der Waals surface area contributed by atoms with Gasteiger partial charge in [0.25, 0.3) is 0 Å². The average molecular weight is 727 g/mol. The molecule has 240 valence electrons. The summed E-state index contributed by atoms with van der Waals surface area (Å²) in [5.74, 6) is 0. The first kappa shape index (κ1) is 39.9. The number of benzene rings is 4. The monoisotopic (exact) mass is 724 g/mol. The van der Waals surface area contributed by atoms with Crippen LogP contribution in [0.1, 0.15) is 102 Å². The van der Waals surface area contributed by atoms with Crippen LogP contribution in [-0.2, 0) is 41.5 Å². The summed E-state index contributed by atoms with van der Waals surface area (Å²) in [6.45, 7) is 20.3. The average Bonchev–Trinajstić information content (AvgIpc) is 3.66. The number of rotatable bonds is 2. The van der Waals surface area contributed by atoms with Gasteiger partial charge in [-0.25, -0.2) is 6.08 Å². The molecule has 0 spiro atoms. The van der Waals surface area contributed by atoms with Gasteiger partial charge < -0.3 is 24.8 Å². The first-order valence-corrected chi connectivity index (χ1v) is 17.0. The van der Waals surface area contributed by atoms with Crippen molar-refractivity contribution in [3.63, 3.8) is 0 Å². The molecular weight excluding hydrogens is 679 g/mol. The third-order valence-electron chi connectivity index (χ3n) is 8.21. The van der Waals surface area contributed by atoms with E-state index in [-0.39, 0.29) is 35.6 Å². The molecule has 0 heterocycles. The maximum atomic E-state index is 3.53. The van der Waals surface area contributed by atoms with E-state index >= 15 is 0 Å². The second-order valence-electron chi connectivity index (χ2n) is 14.9. The van der Waals surface area contributed by atoms with Gasteiger partial charge in [0.2, 0.25) is 0 Å². The predicted molar refractivity (Wildman–Crippen MR) is 187 cm³/mol. The molecule has 0 aromatic heterocycles. The Bertz CT molecular complexity index is 1540. The molecule has 0 nitrogen and oxygen atoms in total. The van der Waals surface area contributed by atoms with Crippen LogP contribution in [-0.4, -0.2) is 3.21 Å². The molecule has 0 N–H and O–H groups in total. The summed E-state index contributed by atoms with van der Waals surface area (Å²) >= 11 is 1.46. The zero-order valence-corrected chi connectivity index (χ0v) is 33.0. The fourth-order valence-electron chi connectivity index (χ4n) is 5.28. The molecule has 0 saturated heterocycles. The Morgan fingerprint density at radius 3 is 1.59 bits per heavy atom. The summed E-state index contributed by atoms with van der Waals surface area (Å²) < 4.78 is 1.42. The van der Waals surface area contributed by atoms with Gasteiger partial charge >= 0.3 is 99.2 Å². The van der Waals surface area contributed by atoms with Gasteiger partial charge in [0, 0.05) is 0 Å². The van der Waals surface area contributed by atoms with E-state index in [1.165, 1.54) is 77.5 Å². The summed E-state index contributed by atoms with van der Waals surface area (Å²) in [6.07, 6.45) is 9.53. The van der Waals surface area contributed by atoms with E-state index in [1.807, 2.05) is 0 Å². The molecule has 4 aromatic carbocycles. The van der Waals surface area contributed by atoms with Crippen molar-refractivity contribution in [2.75, 3.05) is 0 Å². The number of allylic oxidation sites excluding steroid dienone is 4. The van der Waals surface area contributed by atoms with Crippen molar-refractivity contribution in [2.24, 2.45) is 5.41 Å². The Morgan fingerprint density at radius 1 is 0.630 bits per heavy atom. The van der Waals surface area contributed by atoms with Gasteiger partial charge in [0.15, 0.2) is 0 Å².